The van der Waals surface area contributed by atoms with Gasteiger partial charge in [0.25, 0.3) is 5.91 Å². The van der Waals surface area contributed by atoms with Gasteiger partial charge in [0.1, 0.15) is 23.9 Å². The van der Waals surface area contributed by atoms with Gasteiger partial charge in [-0.3, -0.25) is 9.48 Å². The number of carbonyl (C=O) groups excluding carboxylic acids is 1. The van der Waals surface area contributed by atoms with Gasteiger partial charge >= 0.3 is 0 Å². The molecule has 0 radical (unpaired) electrons. The lowest BCUT2D eigenvalue weighted by Gasteiger charge is -2.07. The lowest BCUT2D eigenvalue weighted by atomic mass is 10.2. The SMILES string of the molecule is Cc1onc(C(=O)Nc2cc(C)n(Cc3ccc(Br)cc3)n2)c1COc1cccc(F)c1. The Bertz CT molecular complexity index is 1250. The summed E-state index contributed by atoms with van der Waals surface area (Å²) in [5.41, 5.74) is 2.56. The topological polar surface area (TPSA) is 82.2 Å². The number of amides is 1. The Balaban J connectivity index is 1.46. The van der Waals surface area contributed by atoms with Crippen molar-refractivity contribution in [2.45, 2.75) is 27.0 Å². The van der Waals surface area contributed by atoms with E-state index >= 15 is 0 Å². The maximum atomic E-state index is 13.4. The Morgan fingerprint density at radius 2 is 1.97 bits per heavy atom. The van der Waals surface area contributed by atoms with Gasteiger partial charge in [-0.05, 0) is 43.7 Å². The van der Waals surface area contributed by atoms with Crippen LogP contribution in [0.4, 0.5) is 10.2 Å². The van der Waals surface area contributed by atoms with E-state index in [0.717, 1.165) is 15.7 Å². The van der Waals surface area contributed by atoms with Crippen molar-refractivity contribution in [1.29, 1.82) is 0 Å². The lowest BCUT2D eigenvalue weighted by Crippen LogP contribution is -2.16. The molecule has 0 aliphatic rings. The third-order valence-electron chi connectivity index (χ3n) is 4.85. The first-order valence-electron chi connectivity index (χ1n) is 9.83. The Morgan fingerprint density at radius 3 is 2.72 bits per heavy atom. The molecule has 164 valence electrons. The van der Waals surface area contributed by atoms with Crippen LogP contribution >= 0.6 is 15.9 Å². The molecule has 0 bridgehead atoms. The number of halogens is 2. The van der Waals surface area contributed by atoms with Crippen molar-refractivity contribution in [1.82, 2.24) is 14.9 Å². The molecule has 0 atom stereocenters. The number of hydrogen-bond donors (Lipinski definition) is 1. The normalized spacial score (nSPS) is 10.9. The van der Waals surface area contributed by atoms with Gasteiger partial charge in [0, 0.05) is 22.3 Å². The quantitative estimate of drug-likeness (QED) is 0.375. The lowest BCUT2D eigenvalue weighted by molar-refractivity contribution is 0.101. The Kier molecular flexibility index (Phi) is 6.36. The van der Waals surface area contributed by atoms with E-state index < -0.39 is 11.7 Å². The largest absolute Gasteiger partial charge is 0.489 e. The highest BCUT2D eigenvalue weighted by atomic mass is 79.9. The number of benzene rings is 2. The highest BCUT2D eigenvalue weighted by Crippen LogP contribution is 2.20. The van der Waals surface area contributed by atoms with E-state index in [2.05, 4.69) is 31.5 Å². The molecule has 0 saturated heterocycles. The van der Waals surface area contributed by atoms with Crippen molar-refractivity contribution < 1.29 is 18.4 Å². The molecule has 0 saturated carbocycles. The zero-order valence-corrected chi connectivity index (χ0v) is 19.0. The molecule has 0 aliphatic heterocycles. The summed E-state index contributed by atoms with van der Waals surface area (Å²) >= 11 is 3.42. The molecule has 9 heteroatoms. The second kappa shape index (κ2) is 9.35. The van der Waals surface area contributed by atoms with E-state index in [1.54, 1.807) is 29.8 Å². The molecule has 2 heterocycles. The maximum absolute atomic E-state index is 13.4. The number of aryl methyl sites for hydroxylation is 2. The molecular weight excluding hydrogens is 479 g/mol. The summed E-state index contributed by atoms with van der Waals surface area (Å²) < 4.78 is 27.0. The van der Waals surface area contributed by atoms with Crippen molar-refractivity contribution in [3.63, 3.8) is 0 Å². The summed E-state index contributed by atoms with van der Waals surface area (Å²) in [5, 5.41) is 11.1. The van der Waals surface area contributed by atoms with Gasteiger partial charge in [-0.25, -0.2) is 4.39 Å². The van der Waals surface area contributed by atoms with Gasteiger partial charge in [0.05, 0.1) is 12.1 Å². The van der Waals surface area contributed by atoms with Gasteiger partial charge < -0.3 is 14.6 Å². The second-order valence-electron chi connectivity index (χ2n) is 7.22. The molecule has 7 nitrogen and oxygen atoms in total. The van der Waals surface area contributed by atoms with Crippen molar-refractivity contribution >= 4 is 27.7 Å². The predicted octanol–water partition coefficient (Wildman–Crippen LogP) is 5.27. The van der Waals surface area contributed by atoms with Crippen LogP contribution in [0.25, 0.3) is 0 Å². The predicted molar refractivity (Wildman–Crippen MR) is 120 cm³/mol. The number of rotatable bonds is 7. The zero-order chi connectivity index (χ0) is 22.7. The van der Waals surface area contributed by atoms with E-state index in [9.17, 15) is 9.18 Å². The van der Waals surface area contributed by atoms with Crippen molar-refractivity contribution in [2.75, 3.05) is 5.32 Å². The molecule has 1 amide bonds. The van der Waals surface area contributed by atoms with Crippen LogP contribution in [-0.4, -0.2) is 20.8 Å². The van der Waals surface area contributed by atoms with Crippen molar-refractivity contribution in [3.8, 4) is 5.75 Å². The third-order valence-corrected chi connectivity index (χ3v) is 5.38. The van der Waals surface area contributed by atoms with Crippen molar-refractivity contribution in [3.05, 3.63) is 93.2 Å². The molecule has 0 unspecified atom stereocenters. The van der Waals surface area contributed by atoms with Crippen LogP contribution in [0.2, 0.25) is 0 Å². The summed E-state index contributed by atoms with van der Waals surface area (Å²) in [5.74, 6) is 0.328. The average molecular weight is 499 g/mol. The van der Waals surface area contributed by atoms with Crippen LogP contribution in [-0.2, 0) is 13.2 Å². The number of carbonyl (C=O) groups is 1. The van der Waals surface area contributed by atoms with Crippen LogP contribution < -0.4 is 10.1 Å². The number of nitrogens with one attached hydrogen (secondary N) is 1. The van der Waals surface area contributed by atoms with Gasteiger partial charge in [-0.2, -0.15) is 5.10 Å². The minimum Gasteiger partial charge on any atom is -0.489 e. The molecule has 2 aromatic carbocycles. The smallest absolute Gasteiger partial charge is 0.279 e. The molecule has 4 aromatic rings. The summed E-state index contributed by atoms with van der Waals surface area (Å²) in [6, 6.07) is 15.5. The molecule has 0 spiro atoms. The summed E-state index contributed by atoms with van der Waals surface area (Å²) in [6.07, 6.45) is 0. The molecule has 0 aliphatic carbocycles. The standard InChI is InChI=1S/C23H20BrFN4O3/c1-14-10-21(27-29(14)12-16-6-8-17(24)9-7-16)26-23(30)22-20(15(2)32-28-22)13-31-19-5-3-4-18(25)11-19/h3-11H,12-13H2,1-2H3,(H,26,27,30). The minimum absolute atomic E-state index is 0.0125. The number of nitrogens with zero attached hydrogens (tertiary/aromatic N) is 3. The van der Waals surface area contributed by atoms with E-state index in [0.29, 0.717) is 29.4 Å². The van der Waals surface area contributed by atoms with Gasteiger partial charge in [-0.1, -0.05) is 39.3 Å². The van der Waals surface area contributed by atoms with Crippen LogP contribution in [0, 0.1) is 19.7 Å². The average Bonchev–Trinajstić information content (AvgIpc) is 3.30. The van der Waals surface area contributed by atoms with E-state index in [1.165, 1.54) is 12.1 Å². The van der Waals surface area contributed by atoms with Gasteiger partial charge in [-0.15, -0.1) is 0 Å². The van der Waals surface area contributed by atoms with E-state index in [4.69, 9.17) is 9.26 Å². The fraction of sp³-hybridized carbons (Fsp3) is 0.174. The molecule has 1 N–H and O–H groups in total. The third kappa shape index (κ3) is 5.05. The molecule has 2 aromatic heterocycles. The number of aromatic nitrogens is 3. The molecule has 32 heavy (non-hydrogen) atoms. The number of anilines is 1. The molecular formula is C23H20BrFN4O3. The molecule has 4 rings (SSSR count). The van der Waals surface area contributed by atoms with Crippen LogP contribution in [0.3, 0.4) is 0 Å². The van der Waals surface area contributed by atoms with Crippen molar-refractivity contribution in [2.24, 2.45) is 0 Å². The second-order valence-corrected chi connectivity index (χ2v) is 8.14. The fourth-order valence-corrected chi connectivity index (χ4v) is 3.39. The highest BCUT2D eigenvalue weighted by Gasteiger charge is 2.21. The summed E-state index contributed by atoms with van der Waals surface area (Å²) in [7, 11) is 0. The highest BCUT2D eigenvalue weighted by molar-refractivity contribution is 9.10. The maximum Gasteiger partial charge on any atom is 0.279 e. The summed E-state index contributed by atoms with van der Waals surface area (Å²) in [4.78, 5) is 12.8. The van der Waals surface area contributed by atoms with E-state index in [1.807, 2.05) is 31.2 Å². The monoisotopic (exact) mass is 498 g/mol. The van der Waals surface area contributed by atoms with Crippen LogP contribution in [0.15, 0.2) is 63.6 Å². The summed E-state index contributed by atoms with van der Waals surface area (Å²) in [6.45, 7) is 4.19. The molecule has 0 fully saturated rings. The first kappa shape index (κ1) is 21.8. The van der Waals surface area contributed by atoms with E-state index in [-0.39, 0.29) is 12.3 Å². The van der Waals surface area contributed by atoms with Crippen LogP contribution in [0.5, 0.6) is 5.75 Å². The Morgan fingerprint density at radius 1 is 1.19 bits per heavy atom. The minimum atomic E-state index is -0.465. The number of ether oxygens (including phenoxy) is 1. The zero-order valence-electron chi connectivity index (χ0n) is 17.4. The van der Waals surface area contributed by atoms with Crippen LogP contribution in [0.1, 0.15) is 33.1 Å². The fourth-order valence-electron chi connectivity index (χ4n) is 3.12. The number of hydrogen-bond acceptors (Lipinski definition) is 5. The van der Waals surface area contributed by atoms with Gasteiger partial charge in [0.2, 0.25) is 0 Å². The first-order chi connectivity index (χ1) is 15.4. The van der Waals surface area contributed by atoms with Gasteiger partial charge in [0.15, 0.2) is 11.5 Å². The Labute approximate surface area is 192 Å². The first-order valence-corrected chi connectivity index (χ1v) is 10.6. The Hall–Kier alpha value is -3.46.